The zero-order chi connectivity index (χ0) is 17.4. The average molecular weight is 357 g/mol. The number of nitrogens with zero attached hydrogens (tertiary/aromatic N) is 5. The summed E-state index contributed by atoms with van der Waals surface area (Å²) < 4.78 is 1.83. The lowest BCUT2D eigenvalue weighted by molar-refractivity contribution is -0.135. The van der Waals surface area contributed by atoms with Gasteiger partial charge in [-0.25, -0.2) is 4.98 Å². The molecular formula is C18H23N5OS. The molecule has 2 fully saturated rings. The zero-order valence-corrected chi connectivity index (χ0v) is 15.3. The minimum atomic E-state index is -0.344. The molecule has 2 aliphatic heterocycles. The predicted molar refractivity (Wildman–Crippen MR) is 97.2 cm³/mol. The second kappa shape index (κ2) is 6.38. The molecule has 132 valence electrons. The van der Waals surface area contributed by atoms with Crippen LogP contribution >= 0.6 is 11.3 Å². The molecule has 2 aliphatic rings. The number of hydrogen-bond donors (Lipinski definition) is 0. The smallest absolute Gasteiger partial charge is 0.231 e. The number of rotatable bonds is 5. The lowest BCUT2D eigenvalue weighted by Gasteiger charge is -2.27. The highest BCUT2D eigenvalue weighted by atomic mass is 32.1. The third-order valence-electron chi connectivity index (χ3n) is 5.42. The minimum absolute atomic E-state index is 0.173. The van der Waals surface area contributed by atoms with E-state index in [1.54, 1.807) is 11.3 Å². The molecule has 0 saturated carbocycles. The Bertz CT molecular complexity index is 770. The molecule has 25 heavy (non-hydrogen) atoms. The van der Waals surface area contributed by atoms with Gasteiger partial charge in [0.05, 0.1) is 16.6 Å². The van der Waals surface area contributed by atoms with Crippen LogP contribution in [0.4, 0.5) is 0 Å². The first-order valence-electron chi connectivity index (χ1n) is 8.62. The zero-order valence-electron chi connectivity index (χ0n) is 14.5. The van der Waals surface area contributed by atoms with Crippen molar-refractivity contribution in [1.82, 2.24) is 24.6 Å². The van der Waals surface area contributed by atoms with Gasteiger partial charge in [0, 0.05) is 69.0 Å². The molecule has 4 rings (SSSR count). The van der Waals surface area contributed by atoms with Crippen LogP contribution in [-0.2, 0) is 18.4 Å². The van der Waals surface area contributed by atoms with Gasteiger partial charge in [0.15, 0.2) is 0 Å². The van der Waals surface area contributed by atoms with Crippen LogP contribution < -0.4 is 0 Å². The Hall–Kier alpha value is -1.99. The highest BCUT2D eigenvalue weighted by Gasteiger charge is 2.57. The molecule has 0 unspecified atom stereocenters. The molecule has 0 aromatic carbocycles. The fourth-order valence-corrected chi connectivity index (χ4v) is 5.16. The largest absolute Gasteiger partial charge is 0.338 e. The molecule has 2 atom stereocenters. The highest BCUT2D eigenvalue weighted by Crippen LogP contribution is 2.50. The van der Waals surface area contributed by atoms with E-state index < -0.39 is 0 Å². The van der Waals surface area contributed by atoms with Crippen molar-refractivity contribution in [1.29, 1.82) is 0 Å². The third-order valence-corrected chi connectivity index (χ3v) is 6.31. The quantitative estimate of drug-likeness (QED) is 0.767. The first kappa shape index (κ1) is 16.5. The molecule has 0 radical (unpaired) electrons. The first-order valence-corrected chi connectivity index (χ1v) is 9.50. The topological polar surface area (TPSA) is 54.3 Å². The van der Waals surface area contributed by atoms with Crippen LogP contribution in [0.25, 0.3) is 0 Å². The average Bonchev–Trinajstić information content (AvgIpc) is 3.35. The fraction of sp³-hybridized carbons (Fsp3) is 0.500. The molecule has 2 aromatic rings. The first-order chi connectivity index (χ1) is 12.1. The van der Waals surface area contributed by atoms with Crippen LogP contribution in [0.15, 0.2) is 36.6 Å². The van der Waals surface area contributed by atoms with Crippen LogP contribution in [0.2, 0.25) is 0 Å². The van der Waals surface area contributed by atoms with Gasteiger partial charge in [0.2, 0.25) is 5.91 Å². The molecule has 1 spiro atoms. The van der Waals surface area contributed by atoms with Crippen molar-refractivity contribution in [2.45, 2.75) is 18.9 Å². The molecule has 1 amide bonds. The Morgan fingerprint density at radius 2 is 2.40 bits per heavy atom. The number of aryl methyl sites for hydroxylation is 1. The number of likely N-dealkylation sites (tertiary alicyclic amines) is 2. The van der Waals surface area contributed by atoms with Gasteiger partial charge in [-0.15, -0.1) is 17.9 Å². The van der Waals surface area contributed by atoms with E-state index in [4.69, 9.17) is 0 Å². The van der Waals surface area contributed by atoms with Crippen molar-refractivity contribution >= 4 is 17.2 Å². The maximum atomic E-state index is 13.2. The van der Waals surface area contributed by atoms with E-state index in [1.807, 2.05) is 46.7 Å². The van der Waals surface area contributed by atoms with Gasteiger partial charge in [-0.05, 0) is 6.42 Å². The fourth-order valence-electron chi connectivity index (χ4n) is 4.32. The van der Waals surface area contributed by atoms with Gasteiger partial charge in [0.25, 0.3) is 0 Å². The normalized spacial score (nSPS) is 26.8. The molecule has 6 nitrogen and oxygen atoms in total. The number of hydrogen-bond acceptors (Lipinski definition) is 5. The van der Waals surface area contributed by atoms with Gasteiger partial charge < -0.3 is 4.90 Å². The van der Waals surface area contributed by atoms with E-state index in [9.17, 15) is 4.79 Å². The molecule has 0 N–H and O–H groups in total. The highest BCUT2D eigenvalue weighted by molar-refractivity contribution is 7.09. The number of carbonyl (C=O) groups excluding carboxylic acids is 1. The Balaban J connectivity index is 1.61. The lowest BCUT2D eigenvalue weighted by Crippen LogP contribution is -2.39. The Labute approximate surface area is 151 Å². The number of amides is 1. The summed E-state index contributed by atoms with van der Waals surface area (Å²) >= 11 is 1.66. The van der Waals surface area contributed by atoms with Crippen molar-refractivity contribution in [2.24, 2.45) is 12.5 Å². The molecule has 7 heteroatoms. The Morgan fingerprint density at radius 3 is 3.08 bits per heavy atom. The summed E-state index contributed by atoms with van der Waals surface area (Å²) in [5.41, 5.74) is 0.842. The van der Waals surface area contributed by atoms with Crippen LogP contribution in [-0.4, -0.2) is 56.7 Å². The van der Waals surface area contributed by atoms with Crippen LogP contribution in [0, 0.1) is 5.41 Å². The monoisotopic (exact) mass is 357 g/mol. The molecule has 0 bridgehead atoms. The molecular weight excluding hydrogens is 334 g/mol. The minimum Gasteiger partial charge on any atom is -0.338 e. The van der Waals surface area contributed by atoms with E-state index in [0.717, 1.165) is 37.6 Å². The van der Waals surface area contributed by atoms with Crippen molar-refractivity contribution < 1.29 is 4.79 Å². The van der Waals surface area contributed by atoms with Crippen molar-refractivity contribution in [3.05, 3.63) is 47.2 Å². The Morgan fingerprint density at radius 1 is 1.52 bits per heavy atom. The maximum absolute atomic E-state index is 13.2. The standard InChI is InChI=1S/C18H23N5OS/c1-3-6-23-7-4-18(17(23)24)13-22(11-14-9-20-21(2)10-14)12-15(18)16-19-5-8-25-16/h3,5,8-10,15H,1,4,6-7,11-13H2,2H3/t15-,18+/m1/s1. The molecule has 4 heterocycles. The van der Waals surface area contributed by atoms with Crippen molar-refractivity contribution in [2.75, 3.05) is 26.2 Å². The SMILES string of the molecule is C=CCN1CC[C@@]2(CN(Cc3cnn(C)c3)C[C@@H]2c2nccs2)C1=O. The lowest BCUT2D eigenvalue weighted by atomic mass is 9.77. The second-order valence-corrected chi connectivity index (χ2v) is 7.99. The van der Waals surface area contributed by atoms with Gasteiger partial charge in [-0.3, -0.25) is 14.4 Å². The summed E-state index contributed by atoms with van der Waals surface area (Å²) in [4.78, 5) is 22.1. The third kappa shape index (κ3) is 2.81. The van der Waals surface area contributed by atoms with Gasteiger partial charge in [0.1, 0.15) is 0 Å². The number of carbonyl (C=O) groups is 1. The van der Waals surface area contributed by atoms with Crippen LogP contribution in [0.5, 0.6) is 0 Å². The van der Waals surface area contributed by atoms with E-state index in [0.29, 0.717) is 6.54 Å². The maximum Gasteiger partial charge on any atom is 0.231 e. The molecule has 0 aliphatic carbocycles. The second-order valence-electron chi connectivity index (χ2n) is 7.06. The molecule has 2 aromatic heterocycles. The summed E-state index contributed by atoms with van der Waals surface area (Å²) in [5, 5.41) is 7.35. The Kier molecular flexibility index (Phi) is 4.21. The number of thiazole rings is 1. The van der Waals surface area contributed by atoms with E-state index in [2.05, 4.69) is 21.6 Å². The van der Waals surface area contributed by atoms with Gasteiger partial charge in [-0.2, -0.15) is 5.10 Å². The van der Waals surface area contributed by atoms with E-state index >= 15 is 0 Å². The summed E-state index contributed by atoms with van der Waals surface area (Å²) in [6.45, 7) is 7.72. The summed E-state index contributed by atoms with van der Waals surface area (Å²) in [7, 11) is 1.93. The van der Waals surface area contributed by atoms with E-state index in [1.165, 1.54) is 5.56 Å². The van der Waals surface area contributed by atoms with Crippen molar-refractivity contribution in [3.8, 4) is 0 Å². The number of aromatic nitrogens is 3. The van der Waals surface area contributed by atoms with Crippen molar-refractivity contribution in [3.63, 3.8) is 0 Å². The van der Waals surface area contributed by atoms with E-state index in [-0.39, 0.29) is 17.2 Å². The van der Waals surface area contributed by atoms with Crippen LogP contribution in [0.1, 0.15) is 22.9 Å². The van der Waals surface area contributed by atoms with Crippen LogP contribution in [0.3, 0.4) is 0 Å². The molecule has 2 saturated heterocycles. The van der Waals surface area contributed by atoms with Gasteiger partial charge in [-0.1, -0.05) is 6.08 Å². The summed E-state index contributed by atoms with van der Waals surface area (Å²) in [6.07, 6.45) is 8.51. The summed E-state index contributed by atoms with van der Waals surface area (Å²) in [6, 6.07) is 0. The van der Waals surface area contributed by atoms with Gasteiger partial charge >= 0.3 is 0 Å². The summed E-state index contributed by atoms with van der Waals surface area (Å²) in [5.74, 6) is 0.438. The predicted octanol–water partition coefficient (Wildman–Crippen LogP) is 1.88.